The summed E-state index contributed by atoms with van der Waals surface area (Å²) < 4.78 is 0. The van der Waals surface area contributed by atoms with Crippen molar-refractivity contribution in [1.82, 2.24) is 20.2 Å². The number of pyridine rings is 1. The summed E-state index contributed by atoms with van der Waals surface area (Å²) in [7, 11) is 0. The highest BCUT2D eigenvalue weighted by molar-refractivity contribution is 7.09. The largest absolute Gasteiger partial charge is 0.309 e. The SMILES string of the molecule is Cc1nc(CCCC(=O)Nc2n[nH]c(-c3ccncc3)c2C)cs1. The molecule has 0 saturated heterocycles. The summed E-state index contributed by atoms with van der Waals surface area (Å²) in [4.78, 5) is 20.5. The van der Waals surface area contributed by atoms with Crippen molar-refractivity contribution in [2.45, 2.75) is 33.1 Å². The van der Waals surface area contributed by atoms with Gasteiger partial charge in [0.1, 0.15) is 0 Å². The predicted octanol–water partition coefficient (Wildman–Crippen LogP) is 3.51. The van der Waals surface area contributed by atoms with Gasteiger partial charge in [0.05, 0.1) is 16.4 Å². The quantitative estimate of drug-likeness (QED) is 0.719. The van der Waals surface area contributed by atoms with E-state index in [1.54, 1.807) is 23.7 Å². The molecule has 0 aromatic carbocycles. The fourth-order valence-corrected chi connectivity index (χ4v) is 3.11. The normalized spacial score (nSPS) is 10.8. The van der Waals surface area contributed by atoms with E-state index >= 15 is 0 Å². The smallest absolute Gasteiger partial charge is 0.225 e. The van der Waals surface area contributed by atoms with Gasteiger partial charge in [0, 0.05) is 35.3 Å². The second-order valence-corrected chi connectivity index (χ2v) is 6.63. The Balaban J connectivity index is 1.56. The van der Waals surface area contributed by atoms with Crippen LogP contribution in [0.4, 0.5) is 5.82 Å². The maximum Gasteiger partial charge on any atom is 0.225 e. The topological polar surface area (TPSA) is 83.6 Å². The summed E-state index contributed by atoms with van der Waals surface area (Å²) in [5.74, 6) is 0.550. The lowest BCUT2D eigenvalue weighted by Crippen LogP contribution is -2.12. The fourth-order valence-electron chi connectivity index (χ4n) is 2.47. The Morgan fingerprint density at radius 3 is 2.79 bits per heavy atom. The predicted molar refractivity (Wildman–Crippen MR) is 95.0 cm³/mol. The molecular formula is C17H19N5OS. The molecule has 1 amide bonds. The number of carbonyl (C=O) groups excluding carboxylic acids is 1. The second-order valence-electron chi connectivity index (χ2n) is 5.57. The molecular weight excluding hydrogens is 322 g/mol. The number of aromatic nitrogens is 4. The molecule has 0 saturated carbocycles. The van der Waals surface area contributed by atoms with Gasteiger partial charge in [-0.1, -0.05) is 0 Å². The zero-order chi connectivity index (χ0) is 16.9. The maximum atomic E-state index is 12.1. The molecule has 0 bridgehead atoms. The third-order valence-corrected chi connectivity index (χ3v) is 4.56. The summed E-state index contributed by atoms with van der Waals surface area (Å²) in [5.41, 5.74) is 3.87. The average Bonchev–Trinajstić information content (AvgIpc) is 3.15. The molecule has 3 heterocycles. The molecule has 0 unspecified atom stereocenters. The maximum absolute atomic E-state index is 12.1. The highest BCUT2D eigenvalue weighted by Crippen LogP contribution is 2.25. The minimum Gasteiger partial charge on any atom is -0.309 e. The number of H-pyrrole nitrogens is 1. The fraction of sp³-hybridized carbons (Fsp3) is 0.294. The van der Waals surface area contributed by atoms with Crippen LogP contribution in [0.2, 0.25) is 0 Å². The van der Waals surface area contributed by atoms with Crippen molar-refractivity contribution >= 4 is 23.1 Å². The number of nitrogens with one attached hydrogen (secondary N) is 2. The molecule has 0 aliphatic carbocycles. The van der Waals surface area contributed by atoms with E-state index in [0.29, 0.717) is 12.2 Å². The molecule has 0 fully saturated rings. The third-order valence-electron chi connectivity index (χ3n) is 3.74. The monoisotopic (exact) mass is 341 g/mol. The van der Waals surface area contributed by atoms with E-state index in [0.717, 1.165) is 40.4 Å². The Kier molecular flexibility index (Phi) is 5.00. The van der Waals surface area contributed by atoms with Crippen LogP contribution in [-0.2, 0) is 11.2 Å². The van der Waals surface area contributed by atoms with Crippen LogP contribution in [0.5, 0.6) is 0 Å². The van der Waals surface area contributed by atoms with Gasteiger partial charge in [-0.15, -0.1) is 11.3 Å². The lowest BCUT2D eigenvalue weighted by atomic mass is 10.1. The van der Waals surface area contributed by atoms with E-state index in [1.165, 1.54) is 0 Å². The molecule has 6 nitrogen and oxygen atoms in total. The van der Waals surface area contributed by atoms with Crippen molar-refractivity contribution in [1.29, 1.82) is 0 Å². The first-order chi connectivity index (χ1) is 11.6. The number of hydrogen-bond donors (Lipinski definition) is 2. The average molecular weight is 341 g/mol. The standard InChI is InChI=1S/C17H19N5OS/c1-11-16(13-6-8-18-9-7-13)21-22-17(11)20-15(23)5-3-4-14-10-24-12(2)19-14/h6-10H,3-5H2,1-2H3,(H2,20,21,22,23). The zero-order valence-corrected chi connectivity index (χ0v) is 14.5. The first-order valence-corrected chi connectivity index (χ1v) is 8.67. The second kappa shape index (κ2) is 7.35. The van der Waals surface area contributed by atoms with Crippen molar-refractivity contribution < 1.29 is 4.79 Å². The van der Waals surface area contributed by atoms with E-state index in [9.17, 15) is 4.79 Å². The van der Waals surface area contributed by atoms with Gasteiger partial charge in [-0.3, -0.25) is 14.9 Å². The van der Waals surface area contributed by atoms with E-state index < -0.39 is 0 Å². The lowest BCUT2D eigenvalue weighted by Gasteiger charge is -2.03. The Morgan fingerprint density at radius 2 is 2.08 bits per heavy atom. The van der Waals surface area contributed by atoms with Crippen LogP contribution < -0.4 is 5.32 Å². The Bertz CT molecular complexity index is 825. The van der Waals surface area contributed by atoms with E-state index in [4.69, 9.17) is 0 Å². The van der Waals surface area contributed by atoms with Gasteiger partial charge in [-0.2, -0.15) is 5.10 Å². The Morgan fingerprint density at radius 1 is 1.29 bits per heavy atom. The van der Waals surface area contributed by atoms with Gasteiger partial charge in [-0.05, 0) is 38.8 Å². The summed E-state index contributed by atoms with van der Waals surface area (Å²) >= 11 is 1.64. The molecule has 2 N–H and O–H groups in total. The molecule has 124 valence electrons. The number of aromatic amines is 1. The van der Waals surface area contributed by atoms with E-state index in [-0.39, 0.29) is 5.91 Å². The van der Waals surface area contributed by atoms with Gasteiger partial charge in [0.25, 0.3) is 0 Å². The van der Waals surface area contributed by atoms with Crippen LogP contribution in [0.25, 0.3) is 11.3 Å². The number of hydrogen-bond acceptors (Lipinski definition) is 5. The molecule has 0 radical (unpaired) electrons. The molecule has 3 aromatic rings. The van der Waals surface area contributed by atoms with Crippen molar-refractivity contribution in [2.75, 3.05) is 5.32 Å². The highest BCUT2D eigenvalue weighted by atomic mass is 32.1. The minimum atomic E-state index is -0.0298. The molecule has 0 aliphatic heterocycles. The number of nitrogens with zero attached hydrogens (tertiary/aromatic N) is 3. The van der Waals surface area contributed by atoms with Crippen molar-refractivity contribution in [3.05, 3.63) is 46.2 Å². The minimum absolute atomic E-state index is 0.0298. The Hall–Kier alpha value is -2.54. The number of carbonyl (C=O) groups is 1. The highest BCUT2D eigenvalue weighted by Gasteiger charge is 2.13. The number of amides is 1. The molecule has 3 rings (SSSR count). The van der Waals surface area contributed by atoms with Gasteiger partial charge in [-0.25, -0.2) is 4.98 Å². The summed E-state index contributed by atoms with van der Waals surface area (Å²) in [6, 6.07) is 3.81. The van der Waals surface area contributed by atoms with E-state index in [1.807, 2.05) is 31.4 Å². The third kappa shape index (κ3) is 3.86. The van der Waals surface area contributed by atoms with E-state index in [2.05, 4.69) is 25.5 Å². The summed E-state index contributed by atoms with van der Waals surface area (Å²) in [6.45, 7) is 3.93. The van der Waals surface area contributed by atoms with Gasteiger partial charge in [0.2, 0.25) is 5.91 Å². The first-order valence-electron chi connectivity index (χ1n) is 7.79. The van der Waals surface area contributed by atoms with Crippen LogP contribution in [0.15, 0.2) is 29.9 Å². The first kappa shape index (κ1) is 16.3. The van der Waals surface area contributed by atoms with Crippen LogP contribution in [0.1, 0.15) is 29.1 Å². The number of anilines is 1. The van der Waals surface area contributed by atoms with Gasteiger partial charge < -0.3 is 5.32 Å². The molecule has 7 heteroatoms. The van der Waals surface area contributed by atoms with Crippen LogP contribution in [0.3, 0.4) is 0 Å². The zero-order valence-electron chi connectivity index (χ0n) is 13.7. The van der Waals surface area contributed by atoms with Crippen molar-refractivity contribution in [3.63, 3.8) is 0 Å². The summed E-state index contributed by atoms with van der Waals surface area (Å²) in [6.07, 6.45) is 5.50. The molecule has 0 atom stereocenters. The molecule has 24 heavy (non-hydrogen) atoms. The lowest BCUT2D eigenvalue weighted by molar-refractivity contribution is -0.116. The van der Waals surface area contributed by atoms with Gasteiger partial charge >= 0.3 is 0 Å². The number of rotatable bonds is 6. The van der Waals surface area contributed by atoms with Crippen LogP contribution >= 0.6 is 11.3 Å². The van der Waals surface area contributed by atoms with Crippen LogP contribution in [0, 0.1) is 13.8 Å². The molecule has 3 aromatic heterocycles. The number of thiazole rings is 1. The van der Waals surface area contributed by atoms with Crippen molar-refractivity contribution in [2.24, 2.45) is 0 Å². The van der Waals surface area contributed by atoms with Crippen molar-refractivity contribution in [3.8, 4) is 11.3 Å². The summed E-state index contributed by atoms with van der Waals surface area (Å²) in [5, 5.41) is 13.2. The number of aryl methyl sites for hydroxylation is 2. The van der Waals surface area contributed by atoms with Crippen LogP contribution in [-0.4, -0.2) is 26.1 Å². The molecule has 0 spiro atoms. The Labute approximate surface area is 144 Å². The van der Waals surface area contributed by atoms with Gasteiger partial charge in [0.15, 0.2) is 5.82 Å². The molecule has 0 aliphatic rings.